The van der Waals surface area contributed by atoms with E-state index in [1.165, 1.54) is 0 Å². The highest BCUT2D eigenvalue weighted by atomic mass is 14.9. The fourth-order valence-electron chi connectivity index (χ4n) is 1.17. The molecule has 2 rings (SSSR count). The van der Waals surface area contributed by atoms with Crippen LogP contribution in [0.25, 0.3) is 11.0 Å². The fraction of sp³-hybridized carbons (Fsp3) is 0.333. The van der Waals surface area contributed by atoms with Crippen molar-refractivity contribution in [2.75, 3.05) is 0 Å². The number of nitrogens with zero attached hydrogens (tertiary/aromatic N) is 2. The summed E-state index contributed by atoms with van der Waals surface area (Å²) in [5.41, 5.74) is 3.09. The Morgan fingerprint density at radius 3 is 3.00 bits per heavy atom. The molecule has 64 valence electrons. The van der Waals surface area contributed by atoms with Crippen LogP contribution >= 0.6 is 0 Å². The lowest BCUT2D eigenvalue weighted by molar-refractivity contribution is 0.825. The predicted octanol–water partition coefficient (Wildman–Crippen LogP) is 2.33. The van der Waals surface area contributed by atoms with Gasteiger partial charge in [0.05, 0.1) is 23.6 Å². The molecule has 0 aromatic carbocycles. The van der Waals surface area contributed by atoms with Crippen LogP contribution in [0.15, 0.2) is 18.6 Å². The maximum atomic E-state index is 4.31. The standard InChI is InChI=1S/C9H11N3.H2/c1-6(2)7-3-8-9(4-10-7)12-5-11-8;/h3-6H,1-2H3,(H,11,12);1H. The Labute approximate surface area is 72.3 Å². The summed E-state index contributed by atoms with van der Waals surface area (Å²) in [6.07, 6.45) is 3.52. The second-order valence-corrected chi connectivity index (χ2v) is 3.18. The highest BCUT2D eigenvalue weighted by Gasteiger charge is 2.02. The lowest BCUT2D eigenvalue weighted by Gasteiger charge is -2.01. The SMILES string of the molecule is CC(C)c1cc2nc[nH]c2cn1.[HH]. The van der Waals surface area contributed by atoms with Crippen LogP contribution in [0.3, 0.4) is 0 Å². The molecule has 3 nitrogen and oxygen atoms in total. The van der Waals surface area contributed by atoms with Gasteiger partial charge in [0, 0.05) is 7.12 Å². The first-order valence-corrected chi connectivity index (χ1v) is 4.06. The van der Waals surface area contributed by atoms with Crippen molar-refractivity contribution < 1.29 is 1.43 Å². The molecular weight excluding hydrogens is 150 g/mol. The fourth-order valence-corrected chi connectivity index (χ4v) is 1.17. The Hall–Kier alpha value is -1.38. The molecular formula is C9H13N3. The maximum absolute atomic E-state index is 4.31. The molecule has 2 aromatic rings. The van der Waals surface area contributed by atoms with Gasteiger partial charge in [-0.2, -0.15) is 0 Å². The van der Waals surface area contributed by atoms with Crippen LogP contribution in [0.1, 0.15) is 26.9 Å². The number of fused-ring (bicyclic) bond motifs is 1. The van der Waals surface area contributed by atoms with E-state index in [0.717, 1.165) is 16.7 Å². The predicted molar refractivity (Wildman–Crippen MR) is 50.1 cm³/mol. The van der Waals surface area contributed by atoms with Gasteiger partial charge in [0.1, 0.15) is 0 Å². The number of rotatable bonds is 1. The molecule has 0 aliphatic heterocycles. The number of pyridine rings is 1. The van der Waals surface area contributed by atoms with Gasteiger partial charge in [0.25, 0.3) is 0 Å². The van der Waals surface area contributed by atoms with Crippen molar-refractivity contribution in [3.05, 3.63) is 24.3 Å². The van der Waals surface area contributed by atoms with E-state index in [-0.39, 0.29) is 1.43 Å². The van der Waals surface area contributed by atoms with Gasteiger partial charge in [0.15, 0.2) is 0 Å². The van der Waals surface area contributed by atoms with Crippen LogP contribution in [0.2, 0.25) is 0 Å². The van der Waals surface area contributed by atoms with E-state index in [1.807, 2.05) is 12.3 Å². The lowest BCUT2D eigenvalue weighted by Crippen LogP contribution is -1.91. The second-order valence-electron chi connectivity index (χ2n) is 3.18. The van der Waals surface area contributed by atoms with E-state index in [9.17, 15) is 0 Å². The minimum atomic E-state index is 0. The first kappa shape index (κ1) is 7.28. The summed E-state index contributed by atoms with van der Waals surface area (Å²) in [6, 6.07) is 2.02. The van der Waals surface area contributed by atoms with E-state index >= 15 is 0 Å². The molecule has 0 bridgehead atoms. The van der Waals surface area contributed by atoms with E-state index in [2.05, 4.69) is 28.8 Å². The van der Waals surface area contributed by atoms with E-state index in [0.29, 0.717) is 5.92 Å². The molecule has 12 heavy (non-hydrogen) atoms. The van der Waals surface area contributed by atoms with Gasteiger partial charge >= 0.3 is 0 Å². The summed E-state index contributed by atoms with van der Waals surface area (Å²) in [4.78, 5) is 11.5. The van der Waals surface area contributed by atoms with Crippen molar-refractivity contribution in [3.8, 4) is 0 Å². The van der Waals surface area contributed by atoms with Crippen molar-refractivity contribution in [2.24, 2.45) is 0 Å². The number of hydrogen-bond acceptors (Lipinski definition) is 2. The highest BCUT2D eigenvalue weighted by molar-refractivity contribution is 5.73. The lowest BCUT2D eigenvalue weighted by atomic mass is 10.1. The molecule has 0 unspecified atom stereocenters. The summed E-state index contributed by atoms with van der Waals surface area (Å²) in [7, 11) is 0. The van der Waals surface area contributed by atoms with Crippen LogP contribution in [0.4, 0.5) is 0 Å². The summed E-state index contributed by atoms with van der Waals surface area (Å²) in [6.45, 7) is 4.25. The van der Waals surface area contributed by atoms with Crippen molar-refractivity contribution in [2.45, 2.75) is 19.8 Å². The van der Waals surface area contributed by atoms with Crippen LogP contribution in [-0.2, 0) is 0 Å². The molecule has 0 fully saturated rings. The van der Waals surface area contributed by atoms with Crippen LogP contribution < -0.4 is 0 Å². The van der Waals surface area contributed by atoms with Crippen molar-refractivity contribution in [3.63, 3.8) is 0 Å². The number of H-pyrrole nitrogens is 1. The van der Waals surface area contributed by atoms with E-state index in [4.69, 9.17) is 0 Å². The Kier molecular flexibility index (Phi) is 1.57. The van der Waals surface area contributed by atoms with Crippen LogP contribution in [-0.4, -0.2) is 15.0 Å². The van der Waals surface area contributed by atoms with Gasteiger partial charge in [-0.1, -0.05) is 13.8 Å². The van der Waals surface area contributed by atoms with E-state index < -0.39 is 0 Å². The van der Waals surface area contributed by atoms with Gasteiger partial charge < -0.3 is 4.98 Å². The molecule has 0 aliphatic carbocycles. The Bertz CT molecular complexity index is 394. The topological polar surface area (TPSA) is 41.6 Å². The molecule has 0 saturated heterocycles. The van der Waals surface area contributed by atoms with Crippen molar-refractivity contribution in [1.82, 2.24) is 15.0 Å². The third kappa shape index (κ3) is 1.07. The monoisotopic (exact) mass is 163 g/mol. The molecule has 2 aromatic heterocycles. The third-order valence-electron chi connectivity index (χ3n) is 1.92. The summed E-state index contributed by atoms with van der Waals surface area (Å²) in [5.74, 6) is 0.464. The number of nitrogens with one attached hydrogen (secondary N) is 1. The quantitative estimate of drug-likeness (QED) is 0.701. The summed E-state index contributed by atoms with van der Waals surface area (Å²) >= 11 is 0. The summed E-state index contributed by atoms with van der Waals surface area (Å²) in [5, 5.41) is 0. The average molecular weight is 163 g/mol. The highest BCUT2D eigenvalue weighted by Crippen LogP contribution is 2.15. The van der Waals surface area contributed by atoms with Crippen molar-refractivity contribution >= 4 is 11.0 Å². The molecule has 0 aliphatic rings. The molecule has 0 amide bonds. The van der Waals surface area contributed by atoms with Crippen LogP contribution in [0.5, 0.6) is 0 Å². The van der Waals surface area contributed by atoms with Gasteiger partial charge in [-0.3, -0.25) is 4.98 Å². The van der Waals surface area contributed by atoms with Gasteiger partial charge in [-0.25, -0.2) is 4.98 Å². The maximum Gasteiger partial charge on any atom is 0.0932 e. The molecule has 2 heterocycles. The van der Waals surface area contributed by atoms with Crippen molar-refractivity contribution in [1.29, 1.82) is 0 Å². The normalized spacial score (nSPS) is 11.2. The molecule has 3 heteroatoms. The molecule has 0 radical (unpaired) electrons. The number of aromatic amines is 1. The zero-order valence-electron chi connectivity index (χ0n) is 7.20. The van der Waals surface area contributed by atoms with Gasteiger partial charge in [0.2, 0.25) is 0 Å². The Balaban J connectivity index is 0.000000845. The largest absolute Gasteiger partial charge is 0.343 e. The number of hydrogen-bond donors (Lipinski definition) is 1. The first-order chi connectivity index (χ1) is 5.77. The molecule has 0 spiro atoms. The Morgan fingerprint density at radius 2 is 2.25 bits per heavy atom. The second kappa shape index (κ2) is 2.59. The van der Waals surface area contributed by atoms with E-state index in [1.54, 1.807) is 6.33 Å². The number of aromatic nitrogens is 3. The summed E-state index contributed by atoms with van der Waals surface area (Å²) < 4.78 is 0. The number of imidazole rings is 1. The third-order valence-corrected chi connectivity index (χ3v) is 1.92. The first-order valence-electron chi connectivity index (χ1n) is 4.06. The van der Waals surface area contributed by atoms with Gasteiger partial charge in [-0.05, 0) is 12.0 Å². The Morgan fingerprint density at radius 1 is 1.42 bits per heavy atom. The molecule has 0 saturated carbocycles. The van der Waals surface area contributed by atoms with Crippen LogP contribution in [0, 0.1) is 0 Å². The zero-order valence-corrected chi connectivity index (χ0v) is 7.20. The average Bonchev–Trinajstić information content (AvgIpc) is 2.49. The minimum absolute atomic E-state index is 0. The smallest absolute Gasteiger partial charge is 0.0932 e. The molecule has 1 N–H and O–H groups in total. The minimum Gasteiger partial charge on any atom is -0.343 e. The zero-order chi connectivity index (χ0) is 8.55. The van der Waals surface area contributed by atoms with Gasteiger partial charge in [-0.15, -0.1) is 0 Å². The molecule has 0 atom stereocenters.